The van der Waals surface area contributed by atoms with Gasteiger partial charge in [-0.2, -0.15) is 0 Å². The molecule has 182 valence electrons. The zero-order chi connectivity index (χ0) is 24.7. The van der Waals surface area contributed by atoms with E-state index >= 15 is 0 Å². The molecule has 0 aromatic heterocycles. The number of rotatable bonds is 10. The Balaban J connectivity index is 1.63. The maximum absolute atomic E-state index is 12.9. The van der Waals surface area contributed by atoms with Crippen LogP contribution in [-0.2, 0) is 28.9 Å². The maximum atomic E-state index is 12.9. The summed E-state index contributed by atoms with van der Waals surface area (Å²) < 4.78 is 5.34. The van der Waals surface area contributed by atoms with E-state index in [2.05, 4.69) is 5.32 Å². The van der Waals surface area contributed by atoms with Gasteiger partial charge in [0.2, 0.25) is 0 Å². The predicted octanol–water partition coefficient (Wildman–Crippen LogP) is 2.81. The summed E-state index contributed by atoms with van der Waals surface area (Å²) in [5.41, 5.74) is 3.14. The zero-order valence-corrected chi connectivity index (χ0v) is 19.6. The fraction of sp³-hybridized carbons (Fsp3) is 0.423. The van der Waals surface area contributed by atoms with Crippen LogP contribution in [0, 0.1) is 5.92 Å². The molecule has 1 aliphatic carbocycles. The lowest BCUT2D eigenvalue weighted by molar-refractivity contribution is -0.144. The highest BCUT2D eigenvalue weighted by Crippen LogP contribution is 2.26. The van der Waals surface area contributed by atoms with Gasteiger partial charge in [0.1, 0.15) is 11.8 Å². The summed E-state index contributed by atoms with van der Waals surface area (Å²) in [6, 6.07) is 12.6. The van der Waals surface area contributed by atoms with Crippen molar-refractivity contribution in [3.8, 4) is 5.75 Å². The van der Waals surface area contributed by atoms with E-state index in [1.54, 1.807) is 30.3 Å². The Hall–Kier alpha value is -3.39. The van der Waals surface area contributed by atoms with E-state index in [1.165, 1.54) is 10.5 Å². The lowest BCUT2D eigenvalue weighted by Gasteiger charge is -2.28. The quantitative estimate of drug-likeness (QED) is 0.365. The van der Waals surface area contributed by atoms with E-state index in [-0.39, 0.29) is 25.4 Å². The third-order valence-electron chi connectivity index (χ3n) is 5.71. The zero-order valence-electron chi connectivity index (χ0n) is 19.6. The molecule has 8 heteroatoms. The molecule has 1 aliphatic rings. The number of esters is 1. The topological polar surface area (TPSA) is 116 Å². The third kappa shape index (κ3) is 7.05. The number of nitrogens with one attached hydrogen (secondary N) is 1. The smallest absolute Gasteiger partial charge is 0.342 e. The van der Waals surface area contributed by atoms with Crippen LogP contribution in [0.1, 0.15) is 37.0 Å². The average molecular weight is 469 g/mol. The van der Waals surface area contributed by atoms with Crippen molar-refractivity contribution in [1.82, 2.24) is 10.2 Å². The van der Waals surface area contributed by atoms with Crippen molar-refractivity contribution in [3.05, 3.63) is 65.2 Å². The van der Waals surface area contributed by atoms with E-state index in [1.807, 2.05) is 32.0 Å². The van der Waals surface area contributed by atoms with Crippen LogP contribution in [0.3, 0.4) is 0 Å². The summed E-state index contributed by atoms with van der Waals surface area (Å²) in [5.74, 6) is -1.64. The molecule has 3 N–H and O–H groups in total. The fourth-order valence-electron chi connectivity index (χ4n) is 4.05. The number of nitrogens with zero attached hydrogens (tertiary/aromatic N) is 1. The van der Waals surface area contributed by atoms with Gasteiger partial charge in [-0.1, -0.05) is 50.2 Å². The summed E-state index contributed by atoms with van der Waals surface area (Å²) in [6.07, 6.45) is 1.54. The lowest BCUT2D eigenvalue weighted by atomic mass is 10.1. The first-order valence-corrected chi connectivity index (χ1v) is 11.6. The monoisotopic (exact) mass is 468 g/mol. The van der Waals surface area contributed by atoms with Gasteiger partial charge in [0, 0.05) is 13.0 Å². The summed E-state index contributed by atoms with van der Waals surface area (Å²) >= 11 is 0. The number of carbonyl (C=O) groups is 3. The molecule has 0 spiro atoms. The standard InChI is InChI=1S/C26H32N2O6/c1-17(2)15-28(26(33)27-22(24(30)31)13-18-7-4-3-5-8-18)16-23(29)25(32)34-21-12-11-19-9-6-10-20(19)14-21/h3-5,7-8,11-12,14,17,22-23,29H,6,9-10,13,15-16H2,1-2H3,(H,27,33)(H,30,31)/t22-,23?/m0/s1. The Bertz CT molecular complexity index is 1010. The van der Waals surface area contributed by atoms with Crippen LogP contribution in [0.5, 0.6) is 5.75 Å². The number of carboxylic acid groups (broad SMARTS) is 1. The summed E-state index contributed by atoms with van der Waals surface area (Å²) in [4.78, 5) is 38.4. The number of carbonyl (C=O) groups excluding carboxylic acids is 2. The molecule has 0 fully saturated rings. The van der Waals surface area contributed by atoms with Crippen LogP contribution in [0.25, 0.3) is 0 Å². The molecular formula is C26H32N2O6. The van der Waals surface area contributed by atoms with E-state index < -0.39 is 30.1 Å². The average Bonchev–Trinajstić information content (AvgIpc) is 3.26. The van der Waals surface area contributed by atoms with Gasteiger partial charge >= 0.3 is 18.0 Å². The number of urea groups is 1. The van der Waals surface area contributed by atoms with Crippen LogP contribution >= 0.6 is 0 Å². The Morgan fingerprint density at radius 1 is 1.03 bits per heavy atom. The first-order valence-electron chi connectivity index (χ1n) is 11.6. The summed E-state index contributed by atoms with van der Waals surface area (Å²) in [6.45, 7) is 3.68. The molecule has 3 rings (SSSR count). The molecule has 0 saturated carbocycles. The van der Waals surface area contributed by atoms with Crippen molar-refractivity contribution in [2.75, 3.05) is 13.1 Å². The second-order valence-electron chi connectivity index (χ2n) is 9.05. The van der Waals surface area contributed by atoms with E-state index in [4.69, 9.17) is 4.74 Å². The van der Waals surface area contributed by atoms with E-state index in [0.717, 1.165) is 30.4 Å². The van der Waals surface area contributed by atoms with Crippen LogP contribution in [0.15, 0.2) is 48.5 Å². The Kier molecular flexibility index (Phi) is 8.65. The molecule has 2 atom stereocenters. The summed E-state index contributed by atoms with van der Waals surface area (Å²) in [5, 5.41) is 22.6. The second-order valence-corrected chi connectivity index (χ2v) is 9.05. The number of aryl methyl sites for hydroxylation is 2. The fourth-order valence-corrected chi connectivity index (χ4v) is 4.05. The molecule has 1 unspecified atom stereocenters. The Morgan fingerprint density at radius 2 is 1.74 bits per heavy atom. The number of benzene rings is 2. The molecule has 0 radical (unpaired) electrons. The third-order valence-corrected chi connectivity index (χ3v) is 5.71. The molecule has 2 aromatic carbocycles. The number of amides is 2. The number of ether oxygens (including phenoxy) is 1. The van der Waals surface area contributed by atoms with Crippen molar-refractivity contribution in [2.45, 2.75) is 51.7 Å². The second kappa shape index (κ2) is 11.7. The van der Waals surface area contributed by atoms with E-state index in [0.29, 0.717) is 5.75 Å². The van der Waals surface area contributed by atoms with Crippen LogP contribution in [0.2, 0.25) is 0 Å². The number of hydrogen-bond acceptors (Lipinski definition) is 5. The van der Waals surface area contributed by atoms with Crippen LogP contribution < -0.4 is 10.1 Å². The SMILES string of the molecule is CC(C)CN(CC(O)C(=O)Oc1ccc2c(c1)CCC2)C(=O)N[C@@H](Cc1ccccc1)C(=O)O. The molecule has 8 nitrogen and oxygen atoms in total. The molecule has 34 heavy (non-hydrogen) atoms. The van der Waals surface area contributed by atoms with Crippen molar-refractivity contribution < 1.29 is 29.3 Å². The predicted molar refractivity (Wildman–Crippen MR) is 127 cm³/mol. The highest BCUT2D eigenvalue weighted by molar-refractivity contribution is 5.84. The van der Waals surface area contributed by atoms with Gasteiger partial charge in [0.25, 0.3) is 0 Å². The highest BCUT2D eigenvalue weighted by atomic mass is 16.5. The first kappa shape index (κ1) is 25.2. The minimum Gasteiger partial charge on any atom is -0.480 e. The first-order chi connectivity index (χ1) is 16.2. The molecule has 0 heterocycles. The largest absolute Gasteiger partial charge is 0.480 e. The summed E-state index contributed by atoms with van der Waals surface area (Å²) in [7, 11) is 0. The molecule has 0 bridgehead atoms. The van der Waals surface area contributed by atoms with Gasteiger partial charge < -0.3 is 25.2 Å². The van der Waals surface area contributed by atoms with Crippen molar-refractivity contribution >= 4 is 18.0 Å². The number of aliphatic hydroxyl groups excluding tert-OH is 1. The number of fused-ring (bicyclic) bond motifs is 1. The minimum atomic E-state index is -1.57. The maximum Gasteiger partial charge on any atom is 0.342 e. The van der Waals surface area contributed by atoms with Crippen LogP contribution in [-0.4, -0.2) is 58.3 Å². The van der Waals surface area contributed by atoms with E-state index in [9.17, 15) is 24.6 Å². The minimum absolute atomic E-state index is 0.0306. The normalized spacial score (nSPS) is 14.2. The van der Waals surface area contributed by atoms with Gasteiger partial charge in [0.05, 0.1) is 6.54 Å². The van der Waals surface area contributed by atoms with Gasteiger partial charge in [0.15, 0.2) is 6.10 Å². The van der Waals surface area contributed by atoms with Crippen molar-refractivity contribution in [1.29, 1.82) is 0 Å². The van der Waals surface area contributed by atoms with Gasteiger partial charge in [-0.25, -0.2) is 14.4 Å². The molecule has 2 amide bonds. The molecule has 0 saturated heterocycles. The van der Waals surface area contributed by atoms with Gasteiger partial charge in [-0.05, 0) is 54.0 Å². The van der Waals surface area contributed by atoms with Crippen LogP contribution in [0.4, 0.5) is 4.79 Å². The molecule has 2 aromatic rings. The number of aliphatic hydroxyl groups is 1. The molecule has 0 aliphatic heterocycles. The number of hydrogen-bond donors (Lipinski definition) is 3. The van der Waals surface area contributed by atoms with Gasteiger partial charge in [-0.15, -0.1) is 0 Å². The van der Waals surface area contributed by atoms with Crippen molar-refractivity contribution in [2.24, 2.45) is 5.92 Å². The molecular weight excluding hydrogens is 436 g/mol. The Labute approximate surface area is 199 Å². The lowest BCUT2D eigenvalue weighted by Crippen LogP contribution is -2.52. The number of aliphatic carboxylic acids is 1. The number of carboxylic acids is 1. The highest BCUT2D eigenvalue weighted by Gasteiger charge is 2.28. The Morgan fingerprint density at radius 3 is 2.41 bits per heavy atom. The van der Waals surface area contributed by atoms with Crippen molar-refractivity contribution in [3.63, 3.8) is 0 Å². The van der Waals surface area contributed by atoms with Gasteiger partial charge in [-0.3, -0.25) is 0 Å².